The Morgan fingerprint density at radius 1 is 1.55 bits per heavy atom. The molecule has 106 valence electrons. The summed E-state index contributed by atoms with van der Waals surface area (Å²) in [6.07, 6.45) is 3.73. The highest BCUT2D eigenvalue weighted by atomic mass is 35.5. The van der Waals surface area contributed by atoms with E-state index in [4.69, 9.17) is 22.5 Å². The van der Waals surface area contributed by atoms with E-state index in [1.807, 2.05) is 25.2 Å². The summed E-state index contributed by atoms with van der Waals surface area (Å²) in [7, 11) is 3.78. The van der Waals surface area contributed by atoms with Crippen LogP contribution >= 0.6 is 11.6 Å². The Kier molecular flexibility index (Phi) is 4.14. The smallest absolute Gasteiger partial charge is 0.172 e. The molecule has 0 aliphatic rings. The van der Waals surface area contributed by atoms with Crippen LogP contribution in [0.25, 0.3) is 0 Å². The van der Waals surface area contributed by atoms with Crippen molar-refractivity contribution in [1.29, 1.82) is 0 Å². The molecule has 2 aromatic rings. The van der Waals surface area contributed by atoms with Crippen LogP contribution < -0.4 is 10.6 Å². The number of nitrogens with zero attached hydrogens (tertiary/aromatic N) is 4. The van der Waals surface area contributed by atoms with E-state index in [9.17, 15) is 0 Å². The third-order valence-electron chi connectivity index (χ3n) is 2.93. The fourth-order valence-corrected chi connectivity index (χ4v) is 2.17. The Hall–Kier alpha value is -2.21. The molecular weight excluding hydrogens is 278 g/mol. The van der Waals surface area contributed by atoms with E-state index in [0.29, 0.717) is 17.1 Å². The molecular formula is C13H16ClN5O. The van der Waals surface area contributed by atoms with Gasteiger partial charge in [0.2, 0.25) is 0 Å². The summed E-state index contributed by atoms with van der Waals surface area (Å²) in [5, 5.41) is 16.6. The van der Waals surface area contributed by atoms with Gasteiger partial charge < -0.3 is 15.8 Å². The quantitative estimate of drug-likeness (QED) is 0.390. The zero-order valence-corrected chi connectivity index (χ0v) is 12.0. The van der Waals surface area contributed by atoms with Gasteiger partial charge in [-0.1, -0.05) is 16.8 Å². The highest BCUT2D eigenvalue weighted by molar-refractivity contribution is 6.31. The second-order valence-corrected chi connectivity index (χ2v) is 4.96. The van der Waals surface area contributed by atoms with Crippen molar-refractivity contribution >= 4 is 23.1 Å². The average molecular weight is 294 g/mol. The van der Waals surface area contributed by atoms with Crippen LogP contribution in [0.5, 0.6) is 0 Å². The van der Waals surface area contributed by atoms with Crippen LogP contribution in [-0.2, 0) is 13.6 Å². The average Bonchev–Trinajstić information content (AvgIpc) is 2.83. The van der Waals surface area contributed by atoms with E-state index in [1.165, 1.54) is 0 Å². The Bertz CT molecular complexity index is 637. The maximum absolute atomic E-state index is 8.85. The van der Waals surface area contributed by atoms with Crippen LogP contribution in [0.1, 0.15) is 11.1 Å². The topological polar surface area (TPSA) is 79.7 Å². The lowest BCUT2D eigenvalue weighted by Crippen LogP contribution is -2.22. The molecule has 0 unspecified atom stereocenters. The molecule has 2 rings (SSSR count). The van der Waals surface area contributed by atoms with Gasteiger partial charge in [0, 0.05) is 48.7 Å². The summed E-state index contributed by atoms with van der Waals surface area (Å²) in [4.78, 5) is 1.97. The minimum Gasteiger partial charge on any atom is -0.409 e. The van der Waals surface area contributed by atoms with E-state index in [-0.39, 0.29) is 5.84 Å². The molecule has 3 N–H and O–H groups in total. The van der Waals surface area contributed by atoms with Crippen molar-refractivity contribution in [1.82, 2.24) is 9.78 Å². The minimum absolute atomic E-state index is 0.0507. The third kappa shape index (κ3) is 3.03. The first-order valence-electron chi connectivity index (χ1n) is 5.97. The summed E-state index contributed by atoms with van der Waals surface area (Å²) in [6, 6.07) is 5.22. The number of amidine groups is 1. The Morgan fingerprint density at radius 2 is 2.30 bits per heavy atom. The van der Waals surface area contributed by atoms with Crippen molar-refractivity contribution in [2.75, 3.05) is 11.9 Å². The molecule has 0 amide bonds. The Labute approximate surface area is 122 Å². The molecule has 1 aromatic carbocycles. The lowest BCUT2D eigenvalue weighted by atomic mass is 10.1. The fraction of sp³-hybridized carbons (Fsp3) is 0.231. The summed E-state index contributed by atoms with van der Waals surface area (Å²) >= 11 is 6.03. The zero-order valence-electron chi connectivity index (χ0n) is 11.3. The van der Waals surface area contributed by atoms with Crippen LogP contribution in [0.2, 0.25) is 5.02 Å². The van der Waals surface area contributed by atoms with Crippen molar-refractivity contribution in [3.8, 4) is 0 Å². The van der Waals surface area contributed by atoms with E-state index in [0.717, 1.165) is 11.3 Å². The van der Waals surface area contributed by atoms with Crippen molar-refractivity contribution in [3.63, 3.8) is 0 Å². The van der Waals surface area contributed by atoms with Gasteiger partial charge in [-0.25, -0.2) is 0 Å². The first kappa shape index (κ1) is 14.2. The molecule has 1 heterocycles. The van der Waals surface area contributed by atoms with Gasteiger partial charge >= 0.3 is 0 Å². The number of hydrogen-bond donors (Lipinski definition) is 2. The van der Waals surface area contributed by atoms with Crippen LogP contribution in [0.4, 0.5) is 5.69 Å². The molecule has 0 bridgehead atoms. The van der Waals surface area contributed by atoms with Gasteiger partial charge in [-0.15, -0.1) is 0 Å². The molecule has 0 atom stereocenters. The molecule has 7 heteroatoms. The standard InChI is InChI=1S/C13H16ClN5O/c1-18(7-9-6-16-19(2)8-9)12-5-10(14)3-4-11(12)13(15)17-20/h3-6,8,20H,7H2,1-2H3,(H2,15,17). The number of anilines is 1. The van der Waals surface area contributed by atoms with Gasteiger partial charge in [0.1, 0.15) is 0 Å². The maximum atomic E-state index is 8.85. The molecule has 0 saturated heterocycles. The van der Waals surface area contributed by atoms with Gasteiger partial charge in [0.25, 0.3) is 0 Å². The molecule has 0 spiro atoms. The molecule has 0 saturated carbocycles. The van der Waals surface area contributed by atoms with E-state index < -0.39 is 0 Å². The van der Waals surface area contributed by atoms with Crippen LogP contribution in [-0.4, -0.2) is 27.9 Å². The van der Waals surface area contributed by atoms with Crippen molar-refractivity contribution in [2.45, 2.75) is 6.54 Å². The molecule has 20 heavy (non-hydrogen) atoms. The first-order chi connectivity index (χ1) is 9.51. The maximum Gasteiger partial charge on any atom is 0.172 e. The molecule has 0 radical (unpaired) electrons. The van der Waals surface area contributed by atoms with Gasteiger partial charge in [-0.2, -0.15) is 5.10 Å². The van der Waals surface area contributed by atoms with Gasteiger partial charge in [-0.3, -0.25) is 4.68 Å². The van der Waals surface area contributed by atoms with Gasteiger partial charge in [0.15, 0.2) is 5.84 Å². The van der Waals surface area contributed by atoms with Gasteiger partial charge in [-0.05, 0) is 18.2 Å². The second-order valence-electron chi connectivity index (χ2n) is 4.53. The number of aromatic nitrogens is 2. The van der Waals surface area contributed by atoms with Crippen LogP contribution in [0.3, 0.4) is 0 Å². The van der Waals surface area contributed by atoms with E-state index in [1.54, 1.807) is 29.1 Å². The number of rotatable bonds is 4. The first-order valence-corrected chi connectivity index (χ1v) is 6.35. The lowest BCUT2D eigenvalue weighted by molar-refractivity contribution is 0.318. The second kappa shape index (κ2) is 5.83. The molecule has 0 aliphatic carbocycles. The van der Waals surface area contributed by atoms with E-state index >= 15 is 0 Å². The number of hydrogen-bond acceptors (Lipinski definition) is 4. The monoisotopic (exact) mass is 293 g/mol. The number of benzene rings is 1. The van der Waals surface area contributed by atoms with Crippen molar-refractivity contribution < 1.29 is 5.21 Å². The zero-order chi connectivity index (χ0) is 14.7. The Balaban J connectivity index is 2.32. The van der Waals surface area contributed by atoms with Crippen molar-refractivity contribution in [2.24, 2.45) is 17.9 Å². The summed E-state index contributed by atoms with van der Waals surface area (Å²) in [5.41, 5.74) is 8.17. The van der Waals surface area contributed by atoms with Crippen LogP contribution in [0, 0.1) is 0 Å². The number of halogens is 1. The minimum atomic E-state index is 0.0507. The third-order valence-corrected chi connectivity index (χ3v) is 3.17. The molecule has 1 aromatic heterocycles. The summed E-state index contributed by atoms with van der Waals surface area (Å²) < 4.78 is 1.74. The highest BCUT2D eigenvalue weighted by Crippen LogP contribution is 2.25. The predicted octanol–water partition coefficient (Wildman–Crippen LogP) is 1.80. The lowest BCUT2D eigenvalue weighted by Gasteiger charge is -2.21. The highest BCUT2D eigenvalue weighted by Gasteiger charge is 2.13. The fourth-order valence-electron chi connectivity index (χ4n) is 2.00. The summed E-state index contributed by atoms with van der Waals surface area (Å²) in [6.45, 7) is 0.639. The van der Waals surface area contributed by atoms with Crippen molar-refractivity contribution in [3.05, 3.63) is 46.7 Å². The SMILES string of the molecule is CN(Cc1cnn(C)c1)c1cc(Cl)ccc1C(N)=NO. The summed E-state index contributed by atoms with van der Waals surface area (Å²) in [5.74, 6) is 0.0507. The molecule has 0 aliphatic heterocycles. The van der Waals surface area contributed by atoms with Gasteiger partial charge in [0.05, 0.1) is 6.20 Å². The van der Waals surface area contributed by atoms with E-state index in [2.05, 4.69) is 10.3 Å². The Morgan fingerprint density at radius 3 is 2.90 bits per heavy atom. The number of nitrogens with two attached hydrogens (primary N) is 1. The number of aryl methyl sites for hydroxylation is 1. The largest absolute Gasteiger partial charge is 0.409 e. The molecule has 6 nitrogen and oxygen atoms in total. The van der Waals surface area contributed by atoms with Crippen LogP contribution in [0.15, 0.2) is 35.7 Å². The molecule has 0 fully saturated rings. The normalized spacial score (nSPS) is 11.7. The number of oxime groups is 1. The predicted molar refractivity (Wildman–Crippen MR) is 79.3 cm³/mol.